The van der Waals surface area contributed by atoms with Gasteiger partial charge in [0.1, 0.15) is 0 Å². The van der Waals surface area contributed by atoms with Gasteiger partial charge in [0.25, 0.3) is 5.91 Å². The van der Waals surface area contributed by atoms with Crippen molar-refractivity contribution in [3.8, 4) is 0 Å². The van der Waals surface area contributed by atoms with Crippen LogP contribution in [-0.4, -0.2) is 62.4 Å². The second-order valence-electron chi connectivity index (χ2n) is 7.30. The maximum atomic E-state index is 12.6. The van der Waals surface area contributed by atoms with Crippen LogP contribution in [0.2, 0.25) is 0 Å². The summed E-state index contributed by atoms with van der Waals surface area (Å²) < 4.78 is 5.11. The normalized spacial score (nSPS) is 17.0. The van der Waals surface area contributed by atoms with Crippen LogP contribution in [0.5, 0.6) is 0 Å². The zero-order valence-electron chi connectivity index (χ0n) is 17.4. The first-order chi connectivity index (χ1) is 13.8. The Labute approximate surface area is 171 Å². The number of esters is 1. The summed E-state index contributed by atoms with van der Waals surface area (Å²) in [5.41, 5.74) is 1.90. The minimum atomic E-state index is -0.621. The molecule has 0 saturated carbocycles. The van der Waals surface area contributed by atoms with Gasteiger partial charge in [-0.3, -0.25) is 19.2 Å². The molecule has 1 aliphatic rings. The average molecular weight is 403 g/mol. The molecular formula is C21H29N3O5. The quantitative estimate of drug-likeness (QED) is 0.660. The van der Waals surface area contributed by atoms with E-state index in [1.54, 1.807) is 4.90 Å². The van der Waals surface area contributed by atoms with Crippen molar-refractivity contribution in [3.05, 3.63) is 29.8 Å². The SMILES string of the molecule is CC[C@H](C)c1ccccc1N1C[C@@H](C(=O)OCC(=O)N(C)CC(=O)NC)CC1=O. The van der Waals surface area contributed by atoms with Gasteiger partial charge in [-0.25, -0.2) is 0 Å². The molecule has 8 nitrogen and oxygen atoms in total. The number of carbonyl (C=O) groups excluding carboxylic acids is 4. The third-order valence-electron chi connectivity index (χ3n) is 5.25. The molecule has 0 unspecified atom stereocenters. The second-order valence-corrected chi connectivity index (χ2v) is 7.30. The Bertz CT molecular complexity index is 779. The number of benzene rings is 1. The van der Waals surface area contributed by atoms with Gasteiger partial charge in [-0.1, -0.05) is 32.0 Å². The van der Waals surface area contributed by atoms with Gasteiger partial charge >= 0.3 is 5.97 Å². The first-order valence-electron chi connectivity index (χ1n) is 9.78. The number of hydrogen-bond donors (Lipinski definition) is 1. The van der Waals surface area contributed by atoms with Crippen molar-refractivity contribution >= 4 is 29.4 Å². The van der Waals surface area contributed by atoms with Gasteiger partial charge in [0.2, 0.25) is 11.8 Å². The second kappa shape index (κ2) is 10.0. The minimum absolute atomic E-state index is 0.0515. The molecule has 0 aromatic heterocycles. The Balaban J connectivity index is 1.98. The van der Waals surface area contributed by atoms with Crippen molar-refractivity contribution in [1.82, 2.24) is 10.2 Å². The standard InChI is InChI=1S/C21H29N3O5/c1-5-14(2)16-8-6-7-9-17(16)24-11-15(10-19(24)26)21(28)29-13-20(27)23(4)12-18(25)22-3/h6-9,14-15H,5,10-13H2,1-4H3,(H,22,25)/t14-,15-/m0/s1. The number of nitrogens with zero attached hydrogens (tertiary/aromatic N) is 2. The molecule has 0 radical (unpaired) electrons. The summed E-state index contributed by atoms with van der Waals surface area (Å²) in [5, 5.41) is 2.42. The summed E-state index contributed by atoms with van der Waals surface area (Å²) in [7, 11) is 2.93. The molecule has 158 valence electrons. The van der Waals surface area contributed by atoms with Gasteiger partial charge in [-0.15, -0.1) is 0 Å². The molecule has 29 heavy (non-hydrogen) atoms. The monoisotopic (exact) mass is 403 g/mol. The predicted molar refractivity (Wildman–Crippen MR) is 108 cm³/mol. The van der Waals surface area contributed by atoms with Gasteiger partial charge in [0.05, 0.1) is 12.5 Å². The summed E-state index contributed by atoms with van der Waals surface area (Å²) in [6.45, 7) is 3.85. The van der Waals surface area contributed by atoms with E-state index in [-0.39, 0.29) is 31.3 Å². The van der Waals surface area contributed by atoms with Crippen LogP contribution < -0.4 is 10.2 Å². The Morgan fingerprint density at radius 3 is 2.66 bits per heavy atom. The smallest absolute Gasteiger partial charge is 0.311 e. The van der Waals surface area contributed by atoms with E-state index in [9.17, 15) is 19.2 Å². The zero-order valence-corrected chi connectivity index (χ0v) is 17.4. The van der Waals surface area contributed by atoms with E-state index < -0.39 is 24.4 Å². The lowest BCUT2D eigenvalue weighted by Crippen LogP contribution is -2.39. The largest absolute Gasteiger partial charge is 0.455 e. The van der Waals surface area contributed by atoms with E-state index >= 15 is 0 Å². The van der Waals surface area contributed by atoms with E-state index in [4.69, 9.17) is 4.74 Å². The molecule has 1 heterocycles. The number of amides is 3. The molecule has 0 aliphatic carbocycles. The molecule has 2 atom stereocenters. The summed E-state index contributed by atoms with van der Waals surface area (Å²) in [6, 6.07) is 7.72. The van der Waals surface area contributed by atoms with Crippen LogP contribution in [0.1, 0.15) is 38.2 Å². The highest BCUT2D eigenvalue weighted by atomic mass is 16.5. The van der Waals surface area contributed by atoms with E-state index in [0.29, 0.717) is 5.92 Å². The third-order valence-corrected chi connectivity index (χ3v) is 5.25. The van der Waals surface area contributed by atoms with Crippen LogP contribution in [0.25, 0.3) is 0 Å². The highest BCUT2D eigenvalue weighted by molar-refractivity contribution is 6.00. The number of para-hydroxylation sites is 1. The summed E-state index contributed by atoms with van der Waals surface area (Å²) >= 11 is 0. The van der Waals surface area contributed by atoms with E-state index in [0.717, 1.165) is 17.7 Å². The van der Waals surface area contributed by atoms with E-state index in [1.165, 1.54) is 19.0 Å². The van der Waals surface area contributed by atoms with Gasteiger partial charge in [-0.2, -0.15) is 0 Å². The molecule has 1 aromatic carbocycles. The van der Waals surface area contributed by atoms with Crippen molar-refractivity contribution in [2.45, 2.75) is 32.6 Å². The molecule has 0 bridgehead atoms. The van der Waals surface area contributed by atoms with Gasteiger partial charge in [0, 0.05) is 32.7 Å². The zero-order chi connectivity index (χ0) is 21.6. The van der Waals surface area contributed by atoms with E-state index in [1.807, 2.05) is 24.3 Å². The molecule has 1 aliphatic heterocycles. The van der Waals surface area contributed by atoms with Crippen molar-refractivity contribution in [2.75, 3.05) is 38.7 Å². The molecule has 1 N–H and O–H groups in total. The summed E-state index contributed by atoms with van der Waals surface area (Å²) in [4.78, 5) is 51.1. The van der Waals surface area contributed by atoms with Crippen LogP contribution >= 0.6 is 0 Å². The van der Waals surface area contributed by atoms with Crippen molar-refractivity contribution in [2.24, 2.45) is 5.92 Å². The van der Waals surface area contributed by atoms with Crippen LogP contribution in [0.3, 0.4) is 0 Å². The Kier molecular flexibility index (Phi) is 7.75. The van der Waals surface area contributed by atoms with Crippen molar-refractivity contribution < 1.29 is 23.9 Å². The van der Waals surface area contributed by atoms with Crippen LogP contribution in [-0.2, 0) is 23.9 Å². The third kappa shape index (κ3) is 5.56. The lowest BCUT2D eigenvalue weighted by Gasteiger charge is -2.23. The van der Waals surface area contributed by atoms with Crippen molar-refractivity contribution in [3.63, 3.8) is 0 Å². The minimum Gasteiger partial charge on any atom is -0.455 e. The fraction of sp³-hybridized carbons (Fsp3) is 0.524. The lowest BCUT2D eigenvalue weighted by atomic mass is 9.96. The van der Waals surface area contributed by atoms with Crippen LogP contribution in [0, 0.1) is 5.92 Å². The van der Waals surface area contributed by atoms with Crippen molar-refractivity contribution in [1.29, 1.82) is 0 Å². The highest BCUT2D eigenvalue weighted by Gasteiger charge is 2.37. The van der Waals surface area contributed by atoms with Gasteiger partial charge < -0.3 is 19.9 Å². The first-order valence-corrected chi connectivity index (χ1v) is 9.78. The van der Waals surface area contributed by atoms with Gasteiger partial charge in [-0.05, 0) is 24.0 Å². The fourth-order valence-electron chi connectivity index (χ4n) is 3.21. The Morgan fingerprint density at radius 2 is 2.00 bits per heavy atom. The van der Waals surface area contributed by atoms with Crippen LogP contribution in [0.4, 0.5) is 5.69 Å². The first kappa shape index (κ1) is 22.4. The number of hydrogen-bond acceptors (Lipinski definition) is 5. The Hall–Kier alpha value is -2.90. The number of carbonyl (C=O) groups is 4. The maximum Gasteiger partial charge on any atom is 0.311 e. The number of rotatable bonds is 8. The molecule has 1 aromatic rings. The van der Waals surface area contributed by atoms with Gasteiger partial charge in [0.15, 0.2) is 6.61 Å². The average Bonchev–Trinajstić information content (AvgIpc) is 3.12. The molecule has 1 fully saturated rings. The number of likely N-dealkylation sites (N-methyl/N-ethyl adjacent to an activating group) is 2. The molecular weight excluding hydrogens is 374 g/mol. The number of ether oxygens (including phenoxy) is 1. The predicted octanol–water partition coefficient (Wildman–Crippen LogP) is 1.30. The maximum absolute atomic E-state index is 12.6. The highest BCUT2D eigenvalue weighted by Crippen LogP contribution is 2.33. The van der Waals surface area contributed by atoms with E-state index in [2.05, 4.69) is 19.2 Å². The number of nitrogens with one attached hydrogen (secondary N) is 1. The topological polar surface area (TPSA) is 96.0 Å². The molecule has 8 heteroatoms. The van der Waals surface area contributed by atoms with Crippen LogP contribution in [0.15, 0.2) is 24.3 Å². The summed E-state index contributed by atoms with van der Waals surface area (Å²) in [5.74, 6) is -1.84. The molecule has 3 amide bonds. The molecule has 1 saturated heterocycles. The molecule has 0 spiro atoms. The lowest BCUT2D eigenvalue weighted by molar-refractivity contribution is -0.155. The Morgan fingerprint density at radius 1 is 1.31 bits per heavy atom. The number of anilines is 1. The molecule has 2 rings (SSSR count). The fourth-order valence-corrected chi connectivity index (χ4v) is 3.21. The summed E-state index contributed by atoms with van der Waals surface area (Å²) in [6.07, 6.45) is 0.992.